The molecule has 0 bridgehead atoms. The van der Waals surface area contributed by atoms with E-state index in [-0.39, 0.29) is 12.1 Å². The van der Waals surface area contributed by atoms with Gasteiger partial charge in [0.05, 0.1) is 19.0 Å². The molecule has 0 aliphatic carbocycles. The van der Waals surface area contributed by atoms with Gasteiger partial charge in [-0.3, -0.25) is 0 Å². The Kier molecular flexibility index (Phi) is 5.23. The van der Waals surface area contributed by atoms with Crippen LogP contribution < -0.4 is 5.32 Å². The van der Waals surface area contributed by atoms with Crippen molar-refractivity contribution < 1.29 is 13.9 Å². The molecular weight excluding hydrogens is 323 g/mol. The largest absolute Gasteiger partial charge is 0.380 e. The summed E-state index contributed by atoms with van der Waals surface area (Å²) in [7, 11) is 0. The number of ether oxygens (including phenoxy) is 1. The van der Waals surface area contributed by atoms with Crippen LogP contribution in [0.3, 0.4) is 0 Å². The van der Waals surface area contributed by atoms with Crippen molar-refractivity contribution in [2.75, 3.05) is 25.1 Å². The second-order valence-corrected chi connectivity index (χ2v) is 6.13. The van der Waals surface area contributed by atoms with Crippen LogP contribution in [-0.2, 0) is 4.74 Å². The third kappa shape index (κ3) is 4.11. The maximum atomic E-state index is 13.0. The number of hydrogen-bond acceptors (Lipinski definition) is 4. The van der Waals surface area contributed by atoms with E-state index < -0.39 is 5.82 Å². The molecule has 7 heteroatoms. The zero-order valence-corrected chi connectivity index (χ0v) is 14.3. The second kappa shape index (κ2) is 7.57. The van der Waals surface area contributed by atoms with Gasteiger partial charge >= 0.3 is 6.03 Å². The Hall–Kier alpha value is -2.54. The molecule has 1 aliphatic rings. The van der Waals surface area contributed by atoms with E-state index in [2.05, 4.69) is 15.3 Å². The molecule has 1 saturated heterocycles. The molecule has 1 N–H and O–H groups in total. The van der Waals surface area contributed by atoms with Gasteiger partial charge in [-0.2, -0.15) is 0 Å². The van der Waals surface area contributed by atoms with E-state index in [0.29, 0.717) is 31.3 Å². The number of benzene rings is 1. The lowest BCUT2D eigenvalue weighted by atomic mass is 10.1. The molecule has 1 atom stereocenters. The van der Waals surface area contributed by atoms with Crippen LogP contribution >= 0.6 is 0 Å². The molecule has 0 radical (unpaired) electrons. The number of aryl methyl sites for hydroxylation is 1. The number of aromatic nitrogens is 2. The lowest BCUT2D eigenvalue weighted by Gasteiger charge is -2.26. The highest BCUT2D eigenvalue weighted by atomic mass is 19.1. The van der Waals surface area contributed by atoms with Gasteiger partial charge in [0.15, 0.2) is 11.6 Å². The van der Waals surface area contributed by atoms with E-state index in [9.17, 15) is 9.18 Å². The van der Waals surface area contributed by atoms with Crippen LogP contribution in [0.2, 0.25) is 0 Å². The maximum Gasteiger partial charge on any atom is 0.322 e. The van der Waals surface area contributed by atoms with Crippen LogP contribution in [0, 0.1) is 12.7 Å². The van der Waals surface area contributed by atoms with Crippen LogP contribution in [-0.4, -0.2) is 46.7 Å². The highest BCUT2D eigenvalue weighted by Crippen LogP contribution is 2.24. The van der Waals surface area contributed by atoms with E-state index in [1.54, 1.807) is 11.0 Å². The van der Waals surface area contributed by atoms with E-state index in [1.165, 1.54) is 0 Å². The first-order valence-corrected chi connectivity index (χ1v) is 8.28. The number of hydrogen-bond donors (Lipinski definition) is 1. The summed E-state index contributed by atoms with van der Waals surface area (Å²) in [6, 6.07) is 5.48. The first-order chi connectivity index (χ1) is 12.0. The van der Waals surface area contributed by atoms with E-state index in [1.807, 2.05) is 26.0 Å². The Morgan fingerprint density at radius 2 is 2.08 bits per heavy atom. The van der Waals surface area contributed by atoms with E-state index in [0.717, 1.165) is 29.9 Å². The number of carbonyl (C=O) groups is 1. The molecule has 3 rings (SSSR count). The molecule has 1 fully saturated rings. The zero-order chi connectivity index (χ0) is 17.8. The van der Waals surface area contributed by atoms with E-state index >= 15 is 0 Å². The van der Waals surface area contributed by atoms with Crippen molar-refractivity contribution in [1.82, 2.24) is 14.9 Å². The summed E-state index contributed by atoms with van der Waals surface area (Å²) < 4.78 is 18.5. The van der Waals surface area contributed by atoms with Gasteiger partial charge in [0, 0.05) is 30.4 Å². The summed E-state index contributed by atoms with van der Waals surface area (Å²) in [4.78, 5) is 22.4. The molecule has 0 spiro atoms. The first kappa shape index (κ1) is 17.3. The molecular formula is C18H21FN4O2. The Bertz CT molecular complexity index is 751. The van der Waals surface area contributed by atoms with Crippen LogP contribution in [0.4, 0.5) is 14.9 Å². The molecule has 1 aliphatic heterocycles. The second-order valence-electron chi connectivity index (χ2n) is 6.13. The summed E-state index contributed by atoms with van der Waals surface area (Å²) in [5.41, 5.74) is 2.35. The van der Waals surface area contributed by atoms with Crippen LogP contribution in [0.1, 0.15) is 18.9 Å². The minimum absolute atomic E-state index is 0.118. The van der Waals surface area contributed by atoms with Gasteiger partial charge in [-0.1, -0.05) is 6.07 Å². The van der Waals surface area contributed by atoms with Crippen molar-refractivity contribution in [1.29, 1.82) is 0 Å². The fourth-order valence-corrected chi connectivity index (χ4v) is 2.78. The summed E-state index contributed by atoms with van der Waals surface area (Å²) in [5, 5.41) is 2.92. The molecule has 2 heterocycles. The Balaban J connectivity index is 1.80. The number of anilines is 1. The average molecular weight is 344 g/mol. The van der Waals surface area contributed by atoms with Gasteiger partial charge in [-0.05, 0) is 38.0 Å². The summed E-state index contributed by atoms with van der Waals surface area (Å²) in [5.74, 6) is -0.0604. The molecule has 6 nitrogen and oxygen atoms in total. The van der Waals surface area contributed by atoms with Crippen molar-refractivity contribution in [2.24, 2.45) is 0 Å². The fraction of sp³-hybridized carbons (Fsp3) is 0.389. The number of nitrogens with one attached hydrogen (secondary N) is 1. The topological polar surface area (TPSA) is 67.4 Å². The van der Waals surface area contributed by atoms with Crippen molar-refractivity contribution in [2.45, 2.75) is 26.3 Å². The van der Waals surface area contributed by atoms with Gasteiger partial charge in [-0.25, -0.2) is 19.2 Å². The molecule has 0 saturated carbocycles. The third-order valence-corrected chi connectivity index (χ3v) is 4.30. The Morgan fingerprint density at radius 1 is 1.32 bits per heavy atom. The summed E-state index contributed by atoms with van der Waals surface area (Å²) in [6.07, 6.45) is 3.08. The summed E-state index contributed by atoms with van der Waals surface area (Å²) >= 11 is 0. The van der Waals surface area contributed by atoms with Gasteiger partial charge in [0.2, 0.25) is 0 Å². The van der Waals surface area contributed by atoms with Crippen molar-refractivity contribution in [3.05, 3.63) is 42.0 Å². The molecule has 2 amide bonds. The number of nitrogens with zero attached hydrogens (tertiary/aromatic N) is 3. The molecule has 25 heavy (non-hydrogen) atoms. The van der Waals surface area contributed by atoms with Gasteiger partial charge in [0.25, 0.3) is 0 Å². The lowest BCUT2D eigenvalue weighted by Crippen LogP contribution is -2.42. The Labute approximate surface area is 146 Å². The van der Waals surface area contributed by atoms with Crippen LogP contribution in [0.25, 0.3) is 11.4 Å². The number of halogens is 1. The smallest absolute Gasteiger partial charge is 0.322 e. The molecule has 1 aromatic carbocycles. The molecule has 1 aromatic heterocycles. The zero-order valence-electron chi connectivity index (χ0n) is 14.3. The van der Waals surface area contributed by atoms with Crippen molar-refractivity contribution in [3.8, 4) is 11.4 Å². The Morgan fingerprint density at radius 3 is 2.84 bits per heavy atom. The first-order valence-electron chi connectivity index (χ1n) is 8.28. The number of carbonyl (C=O) groups excluding carboxylic acids is 1. The minimum Gasteiger partial charge on any atom is -0.380 e. The fourth-order valence-electron chi connectivity index (χ4n) is 2.78. The standard InChI is InChI=1S/C18H21FN4O2/c1-12-3-4-15(9-16(12)17-20-10-14(19)11-21-17)22-18(24)23-6-8-25-7-5-13(23)2/h3-4,9-11,13H,5-8H2,1-2H3,(H,22,24)/t13-/m0/s1. The maximum absolute atomic E-state index is 13.0. The predicted octanol–water partition coefficient (Wildman–Crippen LogP) is 3.23. The van der Waals surface area contributed by atoms with Gasteiger partial charge < -0.3 is 15.0 Å². The highest BCUT2D eigenvalue weighted by molar-refractivity contribution is 5.90. The minimum atomic E-state index is -0.483. The number of rotatable bonds is 2. The normalized spacial score (nSPS) is 17.9. The van der Waals surface area contributed by atoms with Crippen molar-refractivity contribution >= 4 is 11.7 Å². The summed E-state index contributed by atoms with van der Waals surface area (Å²) in [6.45, 7) is 5.71. The number of urea groups is 1. The third-order valence-electron chi connectivity index (χ3n) is 4.30. The predicted molar refractivity (Wildman–Crippen MR) is 92.8 cm³/mol. The SMILES string of the molecule is Cc1ccc(NC(=O)N2CCOCC[C@@H]2C)cc1-c1ncc(F)cn1. The monoisotopic (exact) mass is 344 g/mol. The lowest BCUT2D eigenvalue weighted by molar-refractivity contribution is 0.143. The molecule has 0 unspecified atom stereocenters. The molecule has 2 aromatic rings. The molecule has 132 valence electrons. The van der Waals surface area contributed by atoms with Gasteiger partial charge in [0.1, 0.15) is 0 Å². The van der Waals surface area contributed by atoms with Crippen LogP contribution in [0.15, 0.2) is 30.6 Å². The quantitative estimate of drug-likeness (QED) is 0.908. The number of amides is 2. The van der Waals surface area contributed by atoms with Crippen molar-refractivity contribution in [3.63, 3.8) is 0 Å². The van der Waals surface area contributed by atoms with E-state index in [4.69, 9.17) is 4.74 Å². The van der Waals surface area contributed by atoms with Crippen LogP contribution in [0.5, 0.6) is 0 Å². The highest BCUT2D eigenvalue weighted by Gasteiger charge is 2.22. The van der Waals surface area contributed by atoms with Gasteiger partial charge in [-0.15, -0.1) is 0 Å². The average Bonchev–Trinajstić information content (AvgIpc) is 2.82.